The molecule has 0 spiro atoms. The molecule has 0 aliphatic rings. The topological polar surface area (TPSA) is 50.2 Å². The molecule has 0 unspecified atom stereocenters. The number of hydrogen-bond acceptors (Lipinski definition) is 2. The van der Waals surface area contributed by atoms with E-state index in [4.69, 9.17) is 5.11 Å². The van der Waals surface area contributed by atoms with Crippen LogP contribution in [-0.2, 0) is 5.41 Å². The van der Waals surface area contributed by atoms with E-state index in [1.165, 1.54) is 12.1 Å². The molecule has 0 radical (unpaired) electrons. The van der Waals surface area contributed by atoms with Crippen LogP contribution in [0.1, 0.15) is 30.0 Å². The van der Waals surface area contributed by atoms with E-state index in [9.17, 15) is 18.0 Å². The van der Waals surface area contributed by atoms with Gasteiger partial charge in [-0.2, -0.15) is 13.2 Å². The number of aromatic nitrogens is 1. The summed E-state index contributed by atoms with van der Waals surface area (Å²) in [5.41, 5.74) is -2.87. The number of carboxylic acid groups (broad SMARTS) is 1. The van der Waals surface area contributed by atoms with Crippen molar-refractivity contribution in [3.8, 4) is 0 Å². The molecule has 3 nitrogen and oxygen atoms in total. The zero-order chi connectivity index (χ0) is 12.6. The van der Waals surface area contributed by atoms with Crippen LogP contribution in [0.4, 0.5) is 13.2 Å². The van der Waals surface area contributed by atoms with Gasteiger partial charge < -0.3 is 5.11 Å². The van der Waals surface area contributed by atoms with Crippen molar-refractivity contribution in [2.75, 3.05) is 0 Å². The van der Waals surface area contributed by atoms with E-state index in [2.05, 4.69) is 4.98 Å². The van der Waals surface area contributed by atoms with Crippen LogP contribution in [0.3, 0.4) is 0 Å². The van der Waals surface area contributed by atoms with Crippen molar-refractivity contribution in [2.45, 2.75) is 25.4 Å². The van der Waals surface area contributed by atoms with Crippen LogP contribution in [0.25, 0.3) is 0 Å². The minimum Gasteiger partial charge on any atom is -0.477 e. The van der Waals surface area contributed by atoms with Crippen molar-refractivity contribution < 1.29 is 23.1 Å². The van der Waals surface area contributed by atoms with Crippen molar-refractivity contribution in [3.05, 3.63) is 29.6 Å². The van der Waals surface area contributed by atoms with E-state index in [1.54, 1.807) is 0 Å². The molecule has 6 heteroatoms. The van der Waals surface area contributed by atoms with Gasteiger partial charge in [-0.1, -0.05) is 6.07 Å². The van der Waals surface area contributed by atoms with Gasteiger partial charge in [0.1, 0.15) is 11.1 Å². The summed E-state index contributed by atoms with van der Waals surface area (Å²) in [6, 6.07) is 3.57. The molecule has 1 heterocycles. The Labute approximate surface area is 89.9 Å². The largest absolute Gasteiger partial charge is 0.477 e. The number of alkyl halides is 3. The fraction of sp³-hybridized carbons (Fsp3) is 0.400. The Kier molecular flexibility index (Phi) is 2.94. The molecule has 0 fully saturated rings. The molecule has 0 amide bonds. The first-order valence-corrected chi connectivity index (χ1v) is 4.44. The van der Waals surface area contributed by atoms with Crippen molar-refractivity contribution in [1.82, 2.24) is 4.98 Å². The molecule has 1 aromatic rings. The number of hydrogen-bond donors (Lipinski definition) is 1. The standard InChI is InChI=1S/C10H10F3NO2/c1-9(2,10(11,12)13)7-5-3-4-6(14-7)8(15)16/h3-5H,1-2H3,(H,15,16). The number of halogens is 3. The third-order valence-corrected chi connectivity index (χ3v) is 2.32. The monoisotopic (exact) mass is 233 g/mol. The number of pyridine rings is 1. The lowest BCUT2D eigenvalue weighted by atomic mass is 9.88. The Bertz CT molecular complexity index is 413. The Balaban J connectivity index is 3.24. The predicted octanol–water partition coefficient (Wildman–Crippen LogP) is 2.62. The maximum absolute atomic E-state index is 12.7. The molecule has 1 rings (SSSR count). The number of nitrogens with zero attached hydrogens (tertiary/aromatic N) is 1. The fourth-order valence-electron chi connectivity index (χ4n) is 1.05. The first kappa shape index (κ1) is 12.5. The molecular formula is C10H10F3NO2. The van der Waals surface area contributed by atoms with Crippen molar-refractivity contribution >= 4 is 5.97 Å². The predicted molar refractivity (Wildman–Crippen MR) is 50.3 cm³/mol. The summed E-state index contributed by atoms with van der Waals surface area (Å²) >= 11 is 0. The van der Waals surface area contributed by atoms with Crippen LogP contribution in [0, 0.1) is 0 Å². The average Bonchev–Trinajstić information content (AvgIpc) is 2.16. The lowest BCUT2D eigenvalue weighted by Crippen LogP contribution is -2.37. The second-order valence-electron chi connectivity index (χ2n) is 3.84. The molecule has 0 atom stereocenters. The summed E-state index contributed by atoms with van der Waals surface area (Å²) in [4.78, 5) is 14.1. The lowest BCUT2D eigenvalue weighted by molar-refractivity contribution is -0.181. The van der Waals surface area contributed by atoms with Gasteiger partial charge >= 0.3 is 12.1 Å². The number of aromatic carboxylic acids is 1. The van der Waals surface area contributed by atoms with Gasteiger partial charge in [0.25, 0.3) is 0 Å². The molecule has 0 aromatic carbocycles. The van der Waals surface area contributed by atoms with E-state index in [0.29, 0.717) is 0 Å². The van der Waals surface area contributed by atoms with Crippen molar-refractivity contribution in [2.24, 2.45) is 0 Å². The molecule has 88 valence electrons. The van der Waals surface area contributed by atoms with E-state index in [1.807, 2.05) is 0 Å². The first-order chi connectivity index (χ1) is 7.16. The normalized spacial score (nSPS) is 12.6. The summed E-state index contributed by atoms with van der Waals surface area (Å²) in [6.45, 7) is 1.92. The van der Waals surface area contributed by atoms with Crippen molar-refractivity contribution in [3.63, 3.8) is 0 Å². The summed E-state index contributed by atoms with van der Waals surface area (Å²) in [5.74, 6) is -1.35. The van der Waals surface area contributed by atoms with Gasteiger partial charge in [-0.05, 0) is 26.0 Å². The molecule has 0 aliphatic heterocycles. The van der Waals surface area contributed by atoms with Gasteiger partial charge in [0.05, 0.1) is 5.69 Å². The Morgan fingerprint density at radius 3 is 2.31 bits per heavy atom. The van der Waals surface area contributed by atoms with E-state index in [0.717, 1.165) is 19.9 Å². The number of rotatable bonds is 2. The Hall–Kier alpha value is -1.59. The van der Waals surface area contributed by atoms with E-state index < -0.39 is 23.3 Å². The lowest BCUT2D eigenvalue weighted by Gasteiger charge is -2.27. The zero-order valence-corrected chi connectivity index (χ0v) is 8.67. The zero-order valence-electron chi connectivity index (χ0n) is 8.67. The van der Waals surface area contributed by atoms with Crippen LogP contribution < -0.4 is 0 Å². The summed E-state index contributed by atoms with van der Waals surface area (Å²) in [6.07, 6.45) is -4.48. The highest BCUT2D eigenvalue weighted by molar-refractivity contribution is 5.85. The van der Waals surface area contributed by atoms with Crippen LogP contribution >= 0.6 is 0 Å². The maximum atomic E-state index is 12.7. The van der Waals surface area contributed by atoms with E-state index >= 15 is 0 Å². The maximum Gasteiger partial charge on any atom is 0.399 e. The molecule has 0 bridgehead atoms. The van der Waals surface area contributed by atoms with Gasteiger partial charge in [0.2, 0.25) is 0 Å². The third kappa shape index (κ3) is 2.15. The highest BCUT2D eigenvalue weighted by atomic mass is 19.4. The van der Waals surface area contributed by atoms with Crippen molar-refractivity contribution in [1.29, 1.82) is 0 Å². The SMILES string of the molecule is CC(C)(c1cccc(C(=O)O)n1)C(F)(F)F. The Morgan fingerprint density at radius 1 is 1.31 bits per heavy atom. The molecule has 0 saturated heterocycles. The van der Waals surface area contributed by atoms with Crippen LogP contribution in [0.5, 0.6) is 0 Å². The molecular weight excluding hydrogens is 223 g/mol. The second kappa shape index (κ2) is 3.77. The third-order valence-electron chi connectivity index (χ3n) is 2.32. The quantitative estimate of drug-likeness (QED) is 0.854. The number of carboxylic acids is 1. The average molecular weight is 233 g/mol. The number of carbonyl (C=O) groups is 1. The molecule has 0 saturated carbocycles. The molecule has 16 heavy (non-hydrogen) atoms. The van der Waals surface area contributed by atoms with Gasteiger partial charge in [-0.3, -0.25) is 0 Å². The fourth-order valence-corrected chi connectivity index (χ4v) is 1.05. The van der Waals surface area contributed by atoms with Crippen LogP contribution in [-0.4, -0.2) is 22.2 Å². The van der Waals surface area contributed by atoms with Gasteiger partial charge in [-0.25, -0.2) is 9.78 Å². The van der Waals surface area contributed by atoms with E-state index in [-0.39, 0.29) is 5.69 Å². The minimum atomic E-state index is -4.48. The summed E-state index contributed by atoms with van der Waals surface area (Å²) in [5, 5.41) is 8.63. The van der Waals surface area contributed by atoms with Crippen LogP contribution in [0.2, 0.25) is 0 Å². The Morgan fingerprint density at radius 2 is 1.88 bits per heavy atom. The van der Waals surface area contributed by atoms with Gasteiger partial charge in [0, 0.05) is 0 Å². The van der Waals surface area contributed by atoms with Gasteiger partial charge in [0.15, 0.2) is 0 Å². The highest BCUT2D eigenvalue weighted by Crippen LogP contribution is 2.39. The molecule has 1 aromatic heterocycles. The molecule has 1 N–H and O–H groups in total. The summed E-state index contributed by atoms with van der Waals surface area (Å²) in [7, 11) is 0. The van der Waals surface area contributed by atoms with Gasteiger partial charge in [-0.15, -0.1) is 0 Å². The second-order valence-corrected chi connectivity index (χ2v) is 3.84. The smallest absolute Gasteiger partial charge is 0.399 e. The van der Waals surface area contributed by atoms with Crippen LogP contribution in [0.15, 0.2) is 18.2 Å². The molecule has 0 aliphatic carbocycles. The summed E-state index contributed by atoms with van der Waals surface area (Å²) < 4.78 is 38.0. The minimum absolute atomic E-state index is 0.306. The first-order valence-electron chi connectivity index (χ1n) is 4.44. The highest BCUT2D eigenvalue weighted by Gasteiger charge is 2.49.